The Morgan fingerprint density at radius 1 is 1.24 bits per heavy atom. The van der Waals surface area contributed by atoms with Gasteiger partial charge in [-0.1, -0.05) is 0 Å². The summed E-state index contributed by atoms with van der Waals surface area (Å²) in [5.74, 6) is -1.64. The summed E-state index contributed by atoms with van der Waals surface area (Å²) in [4.78, 5) is 24.0. The summed E-state index contributed by atoms with van der Waals surface area (Å²) in [6.07, 6.45) is -3.45. The average Bonchev–Trinajstić information content (AvgIpc) is 3.04. The van der Waals surface area contributed by atoms with Gasteiger partial charge in [-0.25, -0.2) is 4.79 Å². The molecule has 1 aromatic heterocycles. The lowest BCUT2D eigenvalue weighted by atomic mass is 10.2. The van der Waals surface area contributed by atoms with Crippen LogP contribution in [0, 0.1) is 0 Å². The van der Waals surface area contributed by atoms with Crippen molar-refractivity contribution in [2.75, 3.05) is 20.2 Å². The largest absolute Gasteiger partial charge is 0.492 e. The molecule has 1 heterocycles. The maximum absolute atomic E-state index is 12.4. The van der Waals surface area contributed by atoms with Gasteiger partial charge in [-0.15, -0.1) is 0 Å². The van der Waals surface area contributed by atoms with Gasteiger partial charge in [-0.05, 0) is 24.3 Å². The van der Waals surface area contributed by atoms with Crippen molar-refractivity contribution in [1.29, 1.82) is 0 Å². The molecule has 134 valence electrons. The zero-order valence-electron chi connectivity index (χ0n) is 13.0. The molecule has 0 radical (unpaired) electrons. The van der Waals surface area contributed by atoms with E-state index in [1.165, 1.54) is 24.1 Å². The van der Waals surface area contributed by atoms with Gasteiger partial charge in [-0.2, -0.15) is 13.2 Å². The van der Waals surface area contributed by atoms with Crippen molar-refractivity contribution in [3.63, 3.8) is 0 Å². The molecule has 6 nitrogen and oxygen atoms in total. The minimum Gasteiger partial charge on any atom is -0.492 e. The van der Waals surface area contributed by atoms with Crippen molar-refractivity contribution >= 4 is 11.9 Å². The molecule has 0 fully saturated rings. The van der Waals surface area contributed by atoms with E-state index in [4.69, 9.17) is 14.3 Å². The molecule has 1 aromatic carbocycles. The summed E-state index contributed by atoms with van der Waals surface area (Å²) in [5, 5.41) is 8.78. The van der Waals surface area contributed by atoms with E-state index in [9.17, 15) is 22.8 Å². The lowest BCUT2D eigenvalue weighted by molar-refractivity contribution is -0.137. The highest BCUT2D eigenvalue weighted by Crippen LogP contribution is 2.30. The normalized spacial score (nSPS) is 11.2. The average molecular weight is 357 g/mol. The Hall–Kier alpha value is -2.97. The number of benzene rings is 1. The van der Waals surface area contributed by atoms with Crippen molar-refractivity contribution in [3.05, 3.63) is 53.5 Å². The Kier molecular flexibility index (Phi) is 5.35. The van der Waals surface area contributed by atoms with Crippen molar-refractivity contribution in [2.24, 2.45) is 0 Å². The number of likely N-dealkylation sites (N-methyl/N-ethyl adjacent to an activating group) is 1. The number of furan rings is 1. The summed E-state index contributed by atoms with van der Waals surface area (Å²) >= 11 is 0. The predicted molar refractivity (Wildman–Crippen MR) is 79.6 cm³/mol. The number of carbonyl (C=O) groups is 2. The van der Waals surface area contributed by atoms with Gasteiger partial charge in [0.15, 0.2) is 5.76 Å². The molecule has 0 atom stereocenters. The summed E-state index contributed by atoms with van der Waals surface area (Å²) < 4.78 is 47.5. The van der Waals surface area contributed by atoms with Crippen LogP contribution in [0.15, 0.2) is 41.0 Å². The van der Waals surface area contributed by atoms with Crippen LogP contribution in [-0.2, 0) is 6.18 Å². The van der Waals surface area contributed by atoms with Crippen LogP contribution in [0.5, 0.6) is 5.75 Å². The van der Waals surface area contributed by atoms with Gasteiger partial charge < -0.3 is 19.2 Å². The fraction of sp³-hybridized carbons (Fsp3) is 0.250. The zero-order chi connectivity index (χ0) is 18.6. The lowest BCUT2D eigenvalue weighted by Gasteiger charge is -2.16. The number of carbonyl (C=O) groups excluding carboxylic acids is 1. The smallest absolute Gasteiger partial charge is 0.416 e. The second-order valence-corrected chi connectivity index (χ2v) is 5.10. The minimum absolute atomic E-state index is 0.0418. The fourth-order valence-electron chi connectivity index (χ4n) is 1.89. The number of carboxylic acids is 1. The standard InChI is InChI=1S/C16H14F3NO5/c1-20(14(21)13-8-10(9-25-13)15(22)23)6-7-24-12-4-2-11(3-5-12)16(17,18)19/h2-5,8-9H,6-7H2,1H3,(H,22,23). The van der Waals surface area contributed by atoms with E-state index in [0.717, 1.165) is 24.5 Å². The van der Waals surface area contributed by atoms with Gasteiger partial charge >= 0.3 is 12.1 Å². The van der Waals surface area contributed by atoms with Crippen LogP contribution < -0.4 is 4.74 Å². The summed E-state index contributed by atoms with van der Waals surface area (Å²) in [6.45, 7) is 0.170. The molecular weight excluding hydrogens is 343 g/mol. The molecule has 9 heteroatoms. The van der Waals surface area contributed by atoms with E-state index < -0.39 is 23.6 Å². The van der Waals surface area contributed by atoms with E-state index in [2.05, 4.69) is 0 Å². The topological polar surface area (TPSA) is 80.0 Å². The van der Waals surface area contributed by atoms with Crippen LogP contribution in [-0.4, -0.2) is 42.1 Å². The van der Waals surface area contributed by atoms with E-state index in [-0.39, 0.29) is 30.2 Å². The molecule has 0 aliphatic rings. The van der Waals surface area contributed by atoms with Crippen LogP contribution in [0.1, 0.15) is 26.5 Å². The minimum atomic E-state index is -4.41. The van der Waals surface area contributed by atoms with Crippen LogP contribution in [0.25, 0.3) is 0 Å². The van der Waals surface area contributed by atoms with Crippen LogP contribution >= 0.6 is 0 Å². The number of carboxylic acid groups (broad SMARTS) is 1. The van der Waals surface area contributed by atoms with Crippen LogP contribution in [0.3, 0.4) is 0 Å². The SMILES string of the molecule is CN(CCOc1ccc(C(F)(F)F)cc1)C(=O)c1cc(C(=O)O)co1. The highest BCUT2D eigenvalue weighted by atomic mass is 19.4. The predicted octanol–water partition coefficient (Wildman–Crippen LogP) is 3.15. The summed E-state index contributed by atoms with van der Waals surface area (Å²) in [7, 11) is 1.46. The first-order valence-electron chi connectivity index (χ1n) is 7.06. The quantitative estimate of drug-likeness (QED) is 0.859. The molecule has 0 unspecified atom stereocenters. The Balaban J connectivity index is 1.86. The molecule has 0 aliphatic carbocycles. The van der Waals surface area contributed by atoms with E-state index in [1.807, 2.05) is 0 Å². The molecule has 0 aliphatic heterocycles. The Morgan fingerprint density at radius 3 is 2.40 bits per heavy atom. The Morgan fingerprint density at radius 2 is 1.88 bits per heavy atom. The highest BCUT2D eigenvalue weighted by molar-refractivity contribution is 5.95. The Bertz CT molecular complexity index is 752. The number of halogens is 3. The van der Waals surface area contributed by atoms with Gasteiger partial charge in [-0.3, -0.25) is 4.79 Å². The van der Waals surface area contributed by atoms with E-state index in [1.54, 1.807) is 0 Å². The first kappa shape index (κ1) is 18.4. The van der Waals surface area contributed by atoms with E-state index >= 15 is 0 Å². The summed E-state index contributed by atoms with van der Waals surface area (Å²) in [6, 6.07) is 5.30. The van der Waals surface area contributed by atoms with Crippen LogP contribution in [0.4, 0.5) is 13.2 Å². The van der Waals surface area contributed by atoms with Crippen LogP contribution in [0.2, 0.25) is 0 Å². The second kappa shape index (κ2) is 7.29. The number of hydrogen-bond donors (Lipinski definition) is 1. The summed E-state index contributed by atoms with van der Waals surface area (Å²) in [5.41, 5.74) is -0.919. The molecular formula is C16H14F3NO5. The molecule has 1 amide bonds. The maximum atomic E-state index is 12.4. The van der Waals surface area contributed by atoms with Gasteiger partial charge in [0.1, 0.15) is 18.6 Å². The zero-order valence-corrected chi connectivity index (χ0v) is 13.0. The third-order valence-corrected chi connectivity index (χ3v) is 3.28. The highest BCUT2D eigenvalue weighted by Gasteiger charge is 2.30. The second-order valence-electron chi connectivity index (χ2n) is 5.10. The lowest BCUT2D eigenvalue weighted by Crippen LogP contribution is -2.30. The van der Waals surface area contributed by atoms with Gasteiger partial charge in [0.25, 0.3) is 5.91 Å². The first-order valence-corrected chi connectivity index (χ1v) is 7.06. The van der Waals surface area contributed by atoms with Crippen molar-refractivity contribution in [3.8, 4) is 5.75 Å². The Labute approximate surface area is 140 Å². The third-order valence-electron chi connectivity index (χ3n) is 3.28. The first-order chi connectivity index (χ1) is 11.7. The molecule has 2 rings (SSSR count). The third kappa shape index (κ3) is 4.75. The number of hydrogen-bond acceptors (Lipinski definition) is 4. The molecule has 0 bridgehead atoms. The fourth-order valence-corrected chi connectivity index (χ4v) is 1.89. The number of ether oxygens (including phenoxy) is 1. The van der Waals surface area contributed by atoms with E-state index in [0.29, 0.717) is 0 Å². The van der Waals surface area contributed by atoms with Gasteiger partial charge in [0.05, 0.1) is 17.7 Å². The van der Waals surface area contributed by atoms with Crippen molar-refractivity contribution in [2.45, 2.75) is 6.18 Å². The molecule has 1 N–H and O–H groups in total. The molecule has 25 heavy (non-hydrogen) atoms. The molecule has 2 aromatic rings. The van der Waals surface area contributed by atoms with Gasteiger partial charge in [0, 0.05) is 13.1 Å². The number of alkyl halides is 3. The monoisotopic (exact) mass is 357 g/mol. The number of rotatable bonds is 6. The molecule has 0 saturated heterocycles. The number of amides is 1. The number of nitrogens with zero attached hydrogens (tertiary/aromatic N) is 1. The molecule has 0 saturated carbocycles. The maximum Gasteiger partial charge on any atom is 0.416 e. The van der Waals surface area contributed by atoms with Crippen molar-refractivity contribution < 1.29 is 37.0 Å². The number of aromatic carboxylic acids is 1. The van der Waals surface area contributed by atoms with Gasteiger partial charge in [0.2, 0.25) is 0 Å². The van der Waals surface area contributed by atoms with Crippen molar-refractivity contribution in [1.82, 2.24) is 4.90 Å². The molecule has 0 spiro atoms.